The third kappa shape index (κ3) is 6.07. The summed E-state index contributed by atoms with van der Waals surface area (Å²) in [7, 11) is 2.16. The summed E-state index contributed by atoms with van der Waals surface area (Å²) in [5.41, 5.74) is 1.67. The van der Waals surface area contributed by atoms with Gasteiger partial charge in [0.15, 0.2) is 0 Å². The summed E-state index contributed by atoms with van der Waals surface area (Å²) in [6.45, 7) is 6.75. The number of nitrogens with one attached hydrogen (secondary N) is 2. The average molecular weight is 424 g/mol. The van der Waals surface area contributed by atoms with Crippen molar-refractivity contribution in [3.8, 4) is 0 Å². The molecule has 0 unspecified atom stereocenters. The zero-order chi connectivity index (χ0) is 21.5. The maximum Gasteiger partial charge on any atom is 0.319 e. The van der Waals surface area contributed by atoms with E-state index >= 15 is 0 Å². The van der Waals surface area contributed by atoms with Crippen molar-refractivity contribution >= 4 is 23.4 Å². The van der Waals surface area contributed by atoms with Gasteiger partial charge in [-0.1, -0.05) is 6.07 Å². The molecule has 0 bridgehead atoms. The van der Waals surface area contributed by atoms with Crippen molar-refractivity contribution in [1.82, 2.24) is 20.2 Å². The topological polar surface area (TPSA) is 76.6 Å². The molecule has 8 nitrogen and oxygen atoms in total. The first-order chi connectivity index (χ1) is 15.2. The van der Waals surface area contributed by atoms with Crippen LogP contribution in [0.15, 0.2) is 36.7 Å². The third-order valence-electron chi connectivity index (χ3n) is 5.99. The van der Waals surface area contributed by atoms with Gasteiger partial charge in [0.1, 0.15) is 11.6 Å². The molecule has 2 saturated heterocycles. The van der Waals surface area contributed by atoms with Crippen LogP contribution in [0.5, 0.6) is 0 Å². The monoisotopic (exact) mass is 423 g/mol. The van der Waals surface area contributed by atoms with Crippen molar-refractivity contribution in [3.63, 3.8) is 0 Å². The number of piperidine rings is 1. The lowest BCUT2D eigenvalue weighted by Crippen LogP contribution is -2.30. The average Bonchev–Trinajstić information content (AvgIpc) is 3.03. The van der Waals surface area contributed by atoms with Crippen LogP contribution >= 0.6 is 0 Å². The molecule has 2 aromatic heterocycles. The van der Waals surface area contributed by atoms with Crippen LogP contribution in [0.2, 0.25) is 0 Å². The standard InChI is InChI=1S/C23H33N7O/c1-28-10-5-13-30(15-14-28)21-8-6-19(16-24-21)17-26-23(31)27-20-7-9-22(25-18-20)29-11-3-2-4-12-29/h6-9,16,18H,2-5,10-15,17H2,1H3,(H2,26,27,31). The number of hydrogen-bond acceptors (Lipinski definition) is 6. The summed E-state index contributed by atoms with van der Waals surface area (Å²) in [4.78, 5) is 28.4. The van der Waals surface area contributed by atoms with E-state index in [1.54, 1.807) is 6.20 Å². The number of rotatable bonds is 5. The quantitative estimate of drug-likeness (QED) is 0.770. The van der Waals surface area contributed by atoms with Gasteiger partial charge in [-0.15, -0.1) is 0 Å². The third-order valence-corrected chi connectivity index (χ3v) is 5.99. The van der Waals surface area contributed by atoms with Crippen LogP contribution in [0.3, 0.4) is 0 Å². The van der Waals surface area contributed by atoms with Crippen LogP contribution in [0.1, 0.15) is 31.2 Å². The molecule has 0 radical (unpaired) electrons. The van der Waals surface area contributed by atoms with E-state index in [1.165, 1.54) is 19.3 Å². The van der Waals surface area contributed by atoms with Gasteiger partial charge in [0, 0.05) is 45.5 Å². The van der Waals surface area contributed by atoms with Gasteiger partial charge in [-0.05, 0) is 63.0 Å². The van der Waals surface area contributed by atoms with Crippen molar-refractivity contribution in [2.24, 2.45) is 0 Å². The highest BCUT2D eigenvalue weighted by atomic mass is 16.2. The highest BCUT2D eigenvalue weighted by molar-refractivity contribution is 5.89. The highest BCUT2D eigenvalue weighted by Crippen LogP contribution is 2.19. The number of urea groups is 1. The van der Waals surface area contributed by atoms with Crippen molar-refractivity contribution in [3.05, 3.63) is 42.2 Å². The van der Waals surface area contributed by atoms with E-state index in [1.807, 2.05) is 30.5 Å². The molecule has 0 spiro atoms. The minimum absolute atomic E-state index is 0.243. The summed E-state index contributed by atoms with van der Waals surface area (Å²) in [6, 6.07) is 7.72. The predicted molar refractivity (Wildman–Crippen MR) is 125 cm³/mol. The fraction of sp³-hybridized carbons (Fsp3) is 0.522. The van der Waals surface area contributed by atoms with Gasteiger partial charge in [0.25, 0.3) is 0 Å². The SMILES string of the molecule is CN1CCCN(c2ccc(CNC(=O)Nc3ccc(N4CCCCC4)nc3)cn2)CC1. The smallest absolute Gasteiger partial charge is 0.319 e. The number of hydrogen-bond donors (Lipinski definition) is 2. The second-order valence-electron chi connectivity index (χ2n) is 8.43. The van der Waals surface area contributed by atoms with Crippen LogP contribution in [-0.4, -0.2) is 67.2 Å². The van der Waals surface area contributed by atoms with E-state index in [0.29, 0.717) is 12.2 Å². The molecule has 8 heteroatoms. The van der Waals surface area contributed by atoms with Gasteiger partial charge >= 0.3 is 6.03 Å². The van der Waals surface area contributed by atoms with Crippen molar-refractivity contribution in [1.29, 1.82) is 0 Å². The zero-order valence-electron chi connectivity index (χ0n) is 18.4. The fourth-order valence-corrected chi connectivity index (χ4v) is 4.11. The zero-order valence-corrected chi connectivity index (χ0v) is 18.4. The van der Waals surface area contributed by atoms with Crippen LogP contribution in [0.25, 0.3) is 0 Å². The maximum atomic E-state index is 12.3. The first kappa shape index (κ1) is 21.4. The highest BCUT2D eigenvalue weighted by Gasteiger charge is 2.14. The van der Waals surface area contributed by atoms with Crippen LogP contribution in [-0.2, 0) is 6.54 Å². The molecule has 0 atom stereocenters. The van der Waals surface area contributed by atoms with Crippen molar-refractivity contribution in [2.75, 3.05) is 61.4 Å². The molecule has 2 amide bonds. The van der Waals surface area contributed by atoms with Gasteiger partial charge in [0.2, 0.25) is 0 Å². The Morgan fingerprint density at radius 3 is 2.26 bits per heavy atom. The Labute approximate surface area is 184 Å². The van der Waals surface area contributed by atoms with E-state index in [2.05, 4.69) is 42.3 Å². The van der Waals surface area contributed by atoms with Gasteiger partial charge in [0.05, 0.1) is 11.9 Å². The molecule has 2 aromatic rings. The number of amides is 2. The Bertz CT molecular complexity index is 834. The number of carbonyl (C=O) groups excluding carboxylic acids is 1. The number of nitrogens with zero attached hydrogens (tertiary/aromatic N) is 5. The Kier molecular flexibility index (Phi) is 7.19. The van der Waals surface area contributed by atoms with Gasteiger partial charge in [-0.25, -0.2) is 14.8 Å². The summed E-state index contributed by atoms with van der Waals surface area (Å²) in [5, 5.41) is 5.74. The Morgan fingerprint density at radius 1 is 0.839 bits per heavy atom. The molecule has 2 N–H and O–H groups in total. The lowest BCUT2D eigenvalue weighted by atomic mass is 10.1. The molecule has 4 rings (SSSR count). The summed E-state index contributed by atoms with van der Waals surface area (Å²) in [5.74, 6) is 1.98. The van der Waals surface area contributed by atoms with E-state index in [0.717, 1.165) is 62.9 Å². The molecule has 0 aliphatic carbocycles. The molecule has 2 aliphatic heterocycles. The second kappa shape index (κ2) is 10.4. The van der Waals surface area contributed by atoms with Crippen LogP contribution in [0.4, 0.5) is 22.1 Å². The summed E-state index contributed by atoms with van der Waals surface area (Å²) >= 11 is 0. The molecular formula is C23H33N7O. The Balaban J connectivity index is 1.24. The van der Waals surface area contributed by atoms with E-state index in [9.17, 15) is 4.79 Å². The number of anilines is 3. The minimum Gasteiger partial charge on any atom is -0.357 e. The van der Waals surface area contributed by atoms with Crippen LogP contribution < -0.4 is 20.4 Å². The summed E-state index contributed by atoms with van der Waals surface area (Å²) in [6.07, 6.45) is 8.45. The van der Waals surface area contributed by atoms with Crippen molar-refractivity contribution in [2.45, 2.75) is 32.2 Å². The molecule has 31 heavy (non-hydrogen) atoms. The van der Waals surface area contributed by atoms with Gasteiger partial charge in [-0.2, -0.15) is 0 Å². The van der Waals surface area contributed by atoms with E-state index < -0.39 is 0 Å². The largest absolute Gasteiger partial charge is 0.357 e. The number of likely N-dealkylation sites (N-methyl/N-ethyl adjacent to an activating group) is 1. The minimum atomic E-state index is -0.243. The molecule has 2 aliphatic rings. The maximum absolute atomic E-state index is 12.3. The second-order valence-corrected chi connectivity index (χ2v) is 8.43. The predicted octanol–water partition coefficient (Wildman–Crippen LogP) is 2.93. The first-order valence-corrected chi connectivity index (χ1v) is 11.3. The Morgan fingerprint density at radius 2 is 1.55 bits per heavy atom. The number of carbonyl (C=O) groups is 1. The lowest BCUT2D eigenvalue weighted by molar-refractivity contribution is 0.251. The number of pyridine rings is 2. The van der Waals surface area contributed by atoms with Gasteiger partial charge < -0.3 is 25.3 Å². The molecular weight excluding hydrogens is 390 g/mol. The molecule has 2 fully saturated rings. The first-order valence-electron chi connectivity index (χ1n) is 11.3. The molecule has 4 heterocycles. The fourth-order valence-electron chi connectivity index (χ4n) is 4.11. The molecule has 0 aromatic carbocycles. The molecule has 166 valence electrons. The normalized spacial score (nSPS) is 17.8. The van der Waals surface area contributed by atoms with E-state index in [4.69, 9.17) is 0 Å². The van der Waals surface area contributed by atoms with Crippen molar-refractivity contribution < 1.29 is 4.79 Å². The van der Waals surface area contributed by atoms with E-state index in [-0.39, 0.29) is 6.03 Å². The summed E-state index contributed by atoms with van der Waals surface area (Å²) < 4.78 is 0. The number of aromatic nitrogens is 2. The van der Waals surface area contributed by atoms with Crippen LogP contribution in [0, 0.1) is 0 Å². The molecule has 0 saturated carbocycles. The van der Waals surface area contributed by atoms with Gasteiger partial charge in [-0.3, -0.25) is 0 Å². The Hall–Kier alpha value is -2.87. The lowest BCUT2D eigenvalue weighted by Gasteiger charge is -2.27.